The van der Waals surface area contributed by atoms with Crippen LogP contribution < -0.4 is 0 Å². The summed E-state index contributed by atoms with van der Waals surface area (Å²) in [6, 6.07) is 7.81. The molecule has 2 rings (SSSR count). The molecule has 1 N–H and O–H groups in total. The van der Waals surface area contributed by atoms with Gasteiger partial charge in [0.1, 0.15) is 0 Å². The molecule has 7 heteroatoms. The lowest BCUT2D eigenvalue weighted by atomic mass is 10.2. The van der Waals surface area contributed by atoms with Crippen molar-refractivity contribution in [2.24, 2.45) is 0 Å². The molecule has 0 amide bonds. The lowest BCUT2D eigenvalue weighted by Gasteiger charge is -2.06. The predicted molar refractivity (Wildman–Crippen MR) is 70.6 cm³/mol. The molecule has 2 aromatic carbocycles. The smallest absolute Gasteiger partial charge is 0.335 e. The lowest BCUT2D eigenvalue weighted by molar-refractivity contribution is 0.0696. The van der Waals surface area contributed by atoms with Crippen molar-refractivity contribution in [3.05, 3.63) is 65.2 Å². The molecule has 0 aliphatic heterocycles. The second-order valence-electron chi connectivity index (χ2n) is 4.30. The van der Waals surface area contributed by atoms with Gasteiger partial charge >= 0.3 is 5.97 Å². The van der Waals surface area contributed by atoms with Crippen molar-refractivity contribution in [2.75, 3.05) is 0 Å². The minimum atomic E-state index is -3.89. The number of sulfone groups is 1. The van der Waals surface area contributed by atoms with Gasteiger partial charge in [-0.05, 0) is 30.3 Å². The van der Waals surface area contributed by atoms with Crippen molar-refractivity contribution in [3.63, 3.8) is 0 Å². The predicted octanol–water partition coefficient (Wildman–Crippen LogP) is 2.64. The Morgan fingerprint density at radius 2 is 1.67 bits per heavy atom. The summed E-state index contributed by atoms with van der Waals surface area (Å²) in [6.07, 6.45) is 0. The summed E-state index contributed by atoms with van der Waals surface area (Å²) in [7, 11) is -3.89. The van der Waals surface area contributed by atoms with Gasteiger partial charge in [-0.25, -0.2) is 22.0 Å². The van der Waals surface area contributed by atoms with E-state index < -0.39 is 33.2 Å². The first-order valence-corrected chi connectivity index (χ1v) is 7.45. The van der Waals surface area contributed by atoms with E-state index in [2.05, 4.69) is 0 Å². The summed E-state index contributed by atoms with van der Waals surface area (Å²) in [5.41, 5.74) is -0.344. The monoisotopic (exact) mass is 312 g/mol. The lowest BCUT2D eigenvalue weighted by Crippen LogP contribution is -2.08. The van der Waals surface area contributed by atoms with Crippen LogP contribution in [0.15, 0.2) is 47.4 Å². The number of aromatic carboxylic acids is 1. The Bertz CT molecular complexity index is 783. The van der Waals surface area contributed by atoms with Crippen LogP contribution in [0.2, 0.25) is 0 Å². The first-order valence-electron chi connectivity index (χ1n) is 5.80. The fraction of sp³-hybridized carbons (Fsp3) is 0.0714. The molecule has 0 atom stereocenters. The van der Waals surface area contributed by atoms with Crippen molar-refractivity contribution < 1.29 is 27.1 Å². The molecule has 0 fully saturated rings. The number of rotatable bonds is 4. The molecule has 0 saturated carbocycles. The van der Waals surface area contributed by atoms with E-state index >= 15 is 0 Å². The van der Waals surface area contributed by atoms with Gasteiger partial charge in [-0.2, -0.15) is 0 Å². The van der Waals surface area contributed by atoms with E-state index in [-0.39, 0.29) is 16.0 Å². The molecule has 0 radical (unpaired) electrons. The van der Waals surface area contributed by atoms with Gasteiger partial charge in [0.15, 0.2) is 21.5 Å². The summed E-state index contributed by atoms with van der Waals surface area (Å²) in [5, 5.41) is 8.74. The summed E-state index contributed by atoms with van der Waals surface area (Å²) >= 11 is 0. The molecular weight excluding hydrogens is 302 g/mol. The van der Waals surface area contributed by atoms with Gasteiger partial charge in [-0.15, -0.1) is 0 Å². The number of carboxylic acid groups (broad SMARTS) is 1. The highest BCUT2D eigenvalue weighted by Gasteiger charge is 2.19. The van der Waals surface area contributed by atoms with Crippen LogP contribution in [0.3, 0.4) is 0 Å². The first-order chi connectivity index (χ1) is 9.81. The van der Waals surface area contributed by atoms with Crippen molar-refractivity contribution >= 4 is 15.8 Å². The minimum absolute atomic E-state index is 0.0640. The fourth-order valence-electron chi connectivity index (χ4n) is 1.75. The Kier molecular flexibility index (Phi) is 4.04. The molecular formula is C14H10F2O4S. The molecule has 0 aliphatic rings. The molecule has 0 unspecified atom stereocenters. The van der Waals surface area contributed by atoms with Crippen molar-refractivity contribution in [1.29, 1.82) is 0 Å². The van der Waals surface area contributed by atoms with E-state index in [0.717, 1.165) is 30.3 Å². The molecule has 0 saturated heterocycles. The normalized spacial score (nSPS) is 11.3. The molecule has 21 heavy (non-hydrogen) atoms. The summed E-state index contributed by atoms with van der Waals surface area (Å²) in [6.45, 7) is 0. The number of halogens is 2. The zero-order valence-corrected chi connectivity index (χ0v) is 11.4. The topological polar surface area (TPSA) is 71.4 Å². The highest BCUT2D eigenvalue weighted by molar-refractivity contribution is 7.90. The number of carboxylic acids is 1. The number of hydrogen-bond donors (Lipinski definition) is 1. The SMILES string of the molecule is O=C(O)c1ccc(S(=O)(=O)Cc2cccc(F)c2F)cc1. The minimum Gasteiger partial charge on any atom is -0.478 e. The van der Waals surface area contributed by atoms with Crippen LogP contribution in [0.1, 0.15) is 15.9 Å². The van der Waals surface area contributed by atoms with Crippen LogP contribution in [0.25, 0.3) is 0 Å². The Labute approximate surface area is 119 Å². The third-order valence-corrected chi connectivity index (χ3v) is 4.52. The molecule has 4 nitrogen and oxygen atoms in total. The Balaban J connectivity index is 2.34. The van der Waals surface area contributed by atoms with E-state index in [0.29, 0.717) is 0 Å². The number of benzene rings is 2. The highest BCUT2D eigenvalue weighted by atomic mass is 32.2. The average molecular weight is 312 g/mol. The Morgan fingerprint density at radius 1 is 1.05 bits per heavy atom. The molecule has 110 valence electrons. The summed E-state index contributed by atoms with van der Waals surface area (Å²) in [5.74, 6) is -4.22. The maximum atomic E-state index is 13.5. The molecule has 0 bridgehead atoms. The third kappa shape index (κ3) is 3.25. The van der Waals surface area contributed by atoms with Crippen LogP contribution in [0.4, 0.5) is 8.78 Å². The van der Waals surface area contributed by atoms with Crippen LogP contribution in [-0.4, -0.2) is 19.5 Å². The molecule has 0 aromatic heterocycles. The third-order valence-electron chi connectivity index (χ3n) is 2.84. The van der Waals surface area contributed by atoms with Crippen LogP contribution in [0.5, 0.6) is 0 Å². The Hall–Kier alpha value is -2.28. The maximum absolute atomic E-state index is 13.5. The van der Waals surface area contributed by atoms with E-state index in [4.69, 9.17) is 5.11 Å². The summed E-state index contributed by atoms with van der Waals surface area (Å²) in [4.78, 5) is 10.5. The Morgan fingerprint density at radius 3 is 2.24 bits per heavy atom. The zero-order valence-electron chi connectivity index (χ0n) is 10.6. The highest BCUT2D eigenvalue weighted by Crippen LogP contribution is 2.20. The largest absolute Gasteiger partial charge is 0.478 e. The van der Waals surface area contributed by atoms with E-state index in [1.54, 1.807) is 0 Å². The van der Waals surface area contributed by atoms with E-state index in [1.807, 2.05) is 0 Å². The van der Waals surface area contributed by atoms with Gasteiger partial charge in [0.2, 0.25) is 0 Å². The molecule has 0 aliphatic carbocycles. The zero-order chi connectivity index (χ0) is 15.6. The van der Waals surface area contributed by atoms with Crippen molar-refractivity contribution in [2.45, 2.75) is 10.6 Å². The second-order valence-corrected chi connectivity index (χ2v) is 6.29. The number of hydrogen-bond acceptors (Lipinski definition) is 3. The standard InChI is InChI=1S/C14H10F2O4S/c15-12-3-1-2-10(13(12)16)8-21(19,20)11-6-4-9(5-7-11)14(17)18/h1-7H,8H2,(H,17,18). The molecule has 0 heterocycles. The van der Waals surface area contributed by atoms with Crippen LogP contribution in [-0.2, 0) is 15.6 Å². The summed E-state index contributed by atoms with van der Waals surface area (Å²) < 4.78 is 50.8. The molecule has 0 spiro atoms. The van der Waals surface area contributed by atoms with Gasteiger partial charge in [0, 0.05) is 5.56 Å². The van der Waals surface area contributed by atoms with Gasteiger partial charge in [0.05, 0.1) is 16.2 Å². The maximum Gasteiger partial charge on any atom is 0.335 e. The van der Waals surface area contributed by atoms with Gasteiger partial charge in [0.25, 0.3) is 0 Å². The number of carbonyl (C=O) groups is 1. The quantitative estimate of drug-likeness (QED) is 0.942. The second kappa shape index (κ2) is 5.61. The molecule has 2 aromatic rings. The van der Waals surface area contributed by atoms with E-state index in [9.17, 15) is 22.0 Å². The van der Waals surface area contributed by atoms with Gasteiger partial charge in [-0.1, -0.05) is 12.1 Å². The van der Waals surface area contributed by atoms with Gasteiger partial charge < -0.3 is 5.11 Å². The van der Waals surface area contributed by atoms with Crippen LogP contribution >= 0.6 is 0 Å². The van der Waals surface area contributed by atoms with Gasteiger partial charge in [-0.3, -0.25) is 0 Å². The van der Waals surface area contributed by atoms with Crippen LogP contribution in [0, 0.1) is 11.6 Å². The first kappa shape index (κ1) is 15.1. The van der Waals surface area contributed by atoms with Crippen molar-refractivity contribution in [1.82, 2.24) is 0 Å². The fourth-order valence-corrected chi connectivity index (χ4v) is 3.10. The average Bonchev–Trinajstić information content (AvgIpc) is 2.44. The van der Waals surface area contributed by atoms with E-state index in [1.165, 1.54) is 12.1 Å². The van der Waals surface area contributed by atoms with Crippen molar-refractivity contribution in [3.8, 4) is 0 Å².